The maximum atomic E-state index is 14.4. The Labute approximate surface area is 201 Å². The Kier molecular flexibility index (Phi) is 8.38. The molecule has 0 atom stereocenters. The number of unbranched alkanes of at least 4 members (excludes halogenated alkanes) is 1. The normalized spacial score (nSPS) is 14.4. The summed E-state index contributed by atoms with van der Waals surface area (Å²) < 4.78 is 22.2. The van der Waals surface area contributed by atoms with Gasteiger partial charge in [0.25, 0.3) is 5.91 Å². The zero-order valence-electron chi connectivity index (χ0n) is 19.4. The van der Waals surface area contributed by atoms with E-state index in [1.165, 1.54) is 6.07 Å². The van der Waals surface area contributed by atoms with Crippen LogP contribution in [0.25, 0.3) is 10.9 Å². The van der Waals surface area contributed by atoms with E-state index in [0.717, 1.165) is 60.0 Å². The quantitative estimate of drug-likeness (QED) is 0.493. The molecule has 0 aliphatic carbocycles. The van der Waals surface area contributed by atoms with Gasteiger partial charge in [0.2, 0.25) is 0 Å². The fraction of sp³-hybridized carbons (Fsp3) is 0.423. The number of halogens is 2. The number of amides is 1. The molecule has 0 saturated carbocycles. The topological polar surface area (TPSA) is 60.5 Å². The third kappa shape index (κ3) is 5.02. The number of hydrogen-bond donors (Lipinski definition) is 1. The number of carbonyl (C=O) groups excluding carboxylic acids is 1. The molecule has 5 nitrogen and oxygen atoms in total. The molecule has 1 amide bonds. The number of piperidine rings is 1. The monoisotopic (exact) mass is 473 g/mol. The van der Waals surface area contributed by atoms with Crippen molar-refractivity contribution >= 4 is 29.2 Å². The minimum Gasteiger partial charge on any atom is -0.496 e. The predicted octanol–water partition coefficient (Wildman–Crippen LogP) is 5.49. The smallest absolute Gasteiger partial charge is 0.256 e. The number of fused-ring (bicyclic) bond motifs is 1. The van der Waals surface area contributed by atoms with Crippen molar-refractivity contribution in [2.24, 2.45) is 5.73 Å². The first-order valence-corrected chi connectivity index (χ1v) is 11.5. The highest BCUT2D eigenvalue weighted by Crippen LogP contribution is 2.34. The summed E-state index contributed by atoms with van der Waals surface area (Å²) in [6.45, 7) is 4.63. The summed E-state index contributed by atoms with van der Waals surface area (Å²) in [5.74, 6) is 0.655. The number of aryl methyl sites for hydroxylation is 1. The van der Waals surface area contributed by atoms with Gasteiger partial charge in [-0.1, -0.05) is 31.5 Å². The second kappa shape index (κ2) is 11.0. The summed E-state index contributed by atoms with van der Waals surface area (Å²) in [4.78, 5) is 15.4. The van der Waals surface area contributed by atoms with E-state index in [1.807, 2.05) is 35.4 Å². The highest BCUT2D eigenvalue weighted by atomic mass is 35.5. The van der Waals surface area contributed by atoms with E-state index < -0.39 is 0 Å². The molecule has 1 aromatic heterocycles. The van der Waals surface area contributed by atoms with Crippen molar-refractivity contribution in [2.75, 3.05) is 20.2 Å². The summed E-state index contributed by atoms with van der Waals surface area (Å²) in [5, 5.41) is 0.875. The van der Waals surface area contributed by atoms with Gasteiger partial charge in [0.05, 0.1) is 23.6 Å². The molecule has 33 heavy (non-hydrogen) atoms. The number of aromatic nitrogens is 1. The van der Waals surface area contributed by atoms with Crippen molar-refractivity contribution in [3.8, 4) is 5.75 Å². The molecule has 2 heterocycles. The molecule has 0 bridgehead atoms. The van der Waals surface area contributed by atoms with Crippen LogP contribution in [0.1, 0.15) is 60.0 Å². The first-order valence-electron chi connectivity index (χ1n) is 11.5. The van der Waals surface area contributed by atoms with Crippen molar-refractivity contribution in [3.05, 3.63) is 65.1 Å². The minimum atomic E-state index is -0.185. The van der Waals surface area contributed by atoms with Crippen molar-refractivity contribution in [2.45, 2.75) is 51.6 Å². The largest absolute Gasteiger partial charge is 0.496 e. The Morgan fingerprint density at radius 1 is 1.21 bits per heavy atom. The molecule has 1 aliphatic heterocycles. The average Bonchev–Trinajstić information content (AvgIpc) is 3.21. The van der Waals surface area contributed by atoms with Crippen LogP contribution in [0.15, 0.2) is 42.6 Å². The molecule has 1 saturated heterocycles. The Morgan fingerprint density at radius 3 is 2.64 bits per heavy atom. The first kappa shape index (κ1) is 25.1. The predicted molar refractivity (Wildman–Crippen MR) is 133 cm³/mol. The van der Waals surface area contributed by atoms with Gasteiger partial charge in [0, 0.05) is 32.4 Å². The van der Waals surface area contributed by atoms with Gasteiger partial charge in [0.15, 0.2) is 0 Å². The number of benzene rings is 2. The molecule has 3 aromatic rings. The highest BCUT2D eigenvalue weighted by molar-refractivity contribution is 6.09. The molecule has 4 rings (SSSR count). The van der Waals surface area contributed by atoms with E-state index >= 15 is 0 Å². The van der Waals surface area contributed by atoms with Crippen molar-refractivity contribution in [1.82, 2.24) is 9.47 Å². The number of ether oxygens (including phenoxy) is 1. The molecule has 1 aliphatic rings. The summed E-state index contributed by atoms with van der Waals surface area (Å²) >= 11 is 0. The maximum Gasteiger partial charge on any atom is 0.256 e. The van der Waals surface area contributed by atoms with Crippen LogP contribution in [-0.2, 0) is 13.1 Å². The van der Waals surface area contributed by atoms with Crippen molar-refractivity contribution < 1.29 is 13.9 Å². The van der Waals surface area contributed by atoms with Gasteiger partial charge in [-0.2, -0.15) is 0 Å². The number of likely N-dealkylation sites (tertiary alicyclic amines) is 1. The fourth-order valence-electron chi connectivity index (χ4n) is 4.76. The molecular formula is C26H33ClFN3O2. The standard InChI is InChI=1S/C26H32FN3O2.ClH/c1-3-4-12-30-17-21(25-23(30)6-5-7-24(25)32-2)26(31)29-13-10-19(11-14-29)20-15-18(16-28)8-9-22(20)27;/h5-9,15,17,19H,3-4,10-14,16,28H2,1-2H3;1H. The molecule has 2 aromatic carbocycles. The highest BCUT2D eigenvalue weighted by Gasteiger charge is 2.28. The maximum absolute atomic E-state index is 14.4. The van der Waals surface area contributed by atoms with Gasteiger partial charge in [-0.15, -0.1) is 12.4 Å². The van der Waals surface area contributed by atoms with Crippen LogP contribution < -0.4 is 10.5 Å². The second-order valence-electron chi connectivity index (χ2n) is 8.57. The summed E-state index contributed by atoms with van der Waals surface area (Å²) in [6, 6.07) is 11.0. The lowest BCUT2D eigenvalue weighted by Gasteiger charge is -2.32. The van der Waals surface area contributed by atoms with Crippen LogP contribution in [0.5, 0.6) is 5.75 Å². The number of nitrogens with two attached hydrogens (primary N) is 1. The van der Waals surface area contributed by atoms with Crippen LogP contribution in [0.3, 0.4) is 0 Å². The molecule has 178 valence electrons. The molecular weight excluding hydrogens is 441 g/mol. The third-order valence-corrected chi connectivity index (χ3v) is 6.59. The Bertz CT molecular complexity index is 1110. The lowest BCUT2D eigenvalue weighted by molar-refractivity contribution is 0.0714. The number of nitrogens with zero attached hydrogens (tertiary/aromatic N) is 2. The van der Waals surface area contributed by atoms with Crippen LogP contribution >= 0.6 is 12.4 Å². The van der Waals surface area contributed by atoms with Crippen molar-refractivity contribution in [1.29, 1.82) is 0 Å². The first-order chi connectivity index (χ1) is 15.6. The zero-order valence-corrected chi connectivity index (χ0v) is 20.2. The van der Waals surface area contributed by atoms with E-state index in [-0.39, 0.29) is 30.0 Å². The van der Waals surface area contributed by atoms with Gasteiger partial charge < -0.3 is 19.9 Å². The van der Waals surface area contributed by atoms with E-state index in [1.54, 1.807) is 13.2 Å². The number of methoxy groups -OCH3 is 1. The molecule has 0 unspecified atom stereocenters. The van der Waals surface area contributed by atoms with E-state index in [9.17, 15) is 9.18 Å². The zero-order chi connectivity index (χ0) is 22.7. The van der Waals surface area contributed by atoms with Gasteiger partial charge in [0.1, 0.15) is 11.6 Å². The van der Waals surface area contributed by atoms with Gasteiger partial charge >= 0.3 is 0 Å². The molecule has 0 spiro atoms. The van der Waals surface area contributed by atoms with E-state index in [2.05, 4.69) is 11.5 Å². The Hall–Kier alpha value is -2.57. The van der Waals surface area contributed by atoms with E-state index in [4.69, 9.17) is 10.5 Å². The van der Waals surface area contributed by atoms with E-state index in [0.29, 0.717) is 25.2 Å². The minimum absolute atomic E-state index is 0. The SMILES string of the molecule is CCCCn1cc(C(=O)N2CCC(c3cc(CN)ccc3F)CC2)c2c(OC)cccc21.Cl. The average molecular weight is 474 g/mol. The molecule has 0 radical (unpaired) electrons. The number of carbonyl (C=O) groups is 1. The second-order valence-corrected chi connectivity index (χ2v) is 8.57. The summed E-state index contributed by atoms with van der Waals surface area (Å²) in [7, 11) is 1.64. The van der Waals surface area contributed by atoms with Crippen molar-refractivity contribution in [3.63, 3.8) is 0 Å². The van der Waals surface area contributed by atoms with Gasteiger partial charge in [-0.25, -0.2) is 4.39 Å². The Morgan fingerprint density at radius 2 is 1.97 bits per heavy atom. The summed E-state index contributed by atoms with van der Waals surface area (Å²) in [6.07, 6.45) is 5.59. The van der Waals surface area contributed by atoms with Crippen LogP contribution in [0.2, 0.25) is 0 Å². The summed E-state index contributed by atoms with van der Waals surface area (Å²) in [5.41, 5.74) is 9.10. The number of hydrogen-bond acceptors (Lipinski definition) is 3. The van der Waals surface area contributed by atoms with Gasteiger partial charge in [-0.3, -0.25) is 4.79 Å². The molecule has 2 N–H and O–H groups in total. The molecule has 1 fully saturated rings. The van der Waals surface area contributed by atoms with Gasteiger partial charge in [-0.05, 0) is 54.5 Å². The molecule has 7 heteroatoms. The lowest BCUT2D eigenvalue weighted by Crippen LogP contribution is -2.38. The van der Waals surface area contributed by atoms with Crippen LogP contribution in [-0.4, -0.2) is 35.6 Å². The third-order valence-electron chi connectivity index (χ3n) is 6.59. The Balaban J connectivity index is 0.00000306. The fourth-order valence-corrected chi connectivity index (χ4v) is 4.76. The van der Waals surface area contributed by atoms with Crippen LogP contribution in [0, 0.1) is 5.82 Å². The van der Waals surface area contributed by atoms with Crippen LogP contribution in [0.4, 0.5) is 4.39 Å². The number of rotatable bonds is 7. The lowest BCUT2D eigenvalue weighted by atomic mass is 9.88.